The summed E-state index contributed by atoms with van der Waals surface area (Å²) in [5, 5.41) is 1.14. The number of amides is 2. The summed E-state index contributed by atoms with van der Waals surface area (Å²) in [6, 6.07) is 13.7. The minimum Gasteiger partial charge on any atom is -0.353 e. The number of fused-ring (bicyclic) bond motifs is 2. The van der Waals surface area contributed by atoms with Crippen molar-refractivity contribution >= 4 is 22.7 Å². The molecule has 0 bridgehead atoms. The average Bonchev–Trinajstić information content (AvgIpc) is 3.16. The predicted molar refractivity (Wildman–Crippen MR) is 113 cm³/mol. The normalized spacial score (nSPS) is 20.1. The van der Waals surface area contributed by atoms with Crippen LogP contribution in [0.2, 0.25) is 0 Å². The molecule has 2 aliphatic rings. The number of pyridine rings is 1. The van der Waals surface area contributed by atoms with Crippen molar-refractivity contribution in [2.45, 2.75) is 19.1 Å². The maximum absolute atomic E-state index is 13.2. The smallest absolute Gasteiger partial charge is 0.247 e. The second kappa shape index (κ2) is 7.57. The van der Waals surface area contributed by atoms with E-state index in [2.05, 4.69) is 22.0 Å². The molecule has 0 aliphatic carbocycles. The molecule has 2 aromatic heterocycles. The Morgan fingerprint density at radius 2 is 1.93 bits per heavy atom. The van der Waals surface area contributed by atoms with Crippen LogP contribution in [0, 0.1) is 0 Å². The number of rotatable bonds is 4. The van der Waals surface area contributed by atoms with Crippen molar-refractivity contribution in [3.63, 3.8) is 0 Å². The number of nitrogens with zero attached hydrogens (tertiary/aromatic N) is 5. The molecular weight excluding hydrogens is 378 g/mol. The van der Waals surface area contributed by atoms with Crippen LogP contribution in [0.4, 0.5) is 0 Å². The lowest BCUT2D eigenvalue weighted by molar-refractivity contribution is -0.160. The lowest BCUT2D eigenvalue weighted by atomic mass is 10.0. The zero-order chi connectivity index (χ0) is 20.7. The minimum atomic E-state index is -0.409. The van der Waals surface area contributed by atoms with Crippen molar-refractivity contribution in [2.75, 3.05) is 26.2 Å². The van der Waals surface area contributed by atoms with E-state index in [9.17, 15) is 9.59 Å². The van der Waals surface area contributed by atoms with Crippen LogP contribution in [0.25, 0.3) is 10.9 Å². The van der Waals surface area contributed by atoms with Gasteiger partial charge in [0.1, 0.15) is 12.6 Å². The molecule has 0 spiro atoms. The highest BCUT2D eigenvalue weighted by molar-refractivity contribution is 5.95. The van der Waals surface area contributed by atoms with Gasteiger partial charge < -0.3 is 14.4 Å². The van der Waals surface area contributed by atoms with E-state index in [-0.39, 0.29) is 18.4 Å². The Morgan fingerprint density at radius 1 is 1.03 bits per heavy atom. The fourth-order valence-corrected chi connectivity index (χ4v) is 4.57. The second-order valence-corrected chi connectivity index (χ2v) is 8.13. The van der Waals surface area contributed by atoms with Gasteiger partial charge in [-0.25, -0.2) is 0 Å². The van der Waals surface area contributed by atoms with E-state index in [1.807, 2.05) is 48.1 Å². The maximum Gasteiger partial charge on any atom is 0.247 e. The van der Waals surface area contributed by atoms with Gasteiger partial charge in [0.05, 0.1) is 12.1 Å². The van der Waals surface area contributed by atoms with Gasteiger partial charge >= 0.3 is 0 Å². The zero-order valence-corrected chi connectivity index (χ0v) is 17.1. The van der Waals surface area contributed by atoms with Gasteiger partial charge in [0.25, 0.3) is 0 Å². The third-order valence-electron chi connectivity index (χ3n) is 6.24. The van der Waals surface area contributed by atoms with Gasteiger partial charge in [0.2, 0.25) is 11.8 Å². The third kappa shape index (κ3) is 3.35. The van der Waals surface area contributed by atoms with Crippen LogP contribution in [0.5, 0.6) is 0 Å². The maximum atomic E-state index is 13.2. The quantitative estimate of drug-likeness (QED) is 0.664. The Kier molecular flexibility index (Phi) is 4.75. The van der Waals surface area contributed by atoms with E-state index in [0.29, 0.717) is 19.6 Å². The Morgan fingerprint density at radius 3 is 2.77 bits per heavy atom. The molecule has 2 saturated heterocycles. The molecule has 1 unspecified atom stereocenters. The summed E-state index contributed by atoms with van der Waals surface area (Å²) < 4.78 is 1.99. The lowest BCUT2D eigenvalue weighted by Crippen LogP contribution is -2.66. The van der Waals surface area contributed by atoms with Crippen LogP contribution in [-0.4, -0.2) is 68.3 Å². The van der Waals surface area contributed by atoms with Crippen molar-refractivity contribution in [1.82, 2.24) is 24.3 Å². The Balaban J connectivity index is 1.34. The fourth-order valence-electron chi connectivity index (χ4n) is 4.57. The Labute approximate surface area is 175 Å². The summed E-state index contributed by atoms with van der Waals surface area (Å²) in [5.41, 5.74) is 3.20. The molecule has 30 heavy (non-hydrogen) atoms. The first-order valence-corrected chi connectivity index (χ1v) is 10.3. The summed E-state index contributed by atoms with van der Waals surface area (Å²) in [6.07, 6.45) is 3.76. The van der Waals surface area contributed by atoms with Gasteiger partial charge in [0.15, 0.2) is 0 Å². The highest BCUT2D eigenvalue weighted by atomic mass is 16.2. The van der Waals surface area contributed by atoms with Crippen molar-refractivity contribution in [3.8, 4) is 0 Å². The molecular formula is C23H25N5O2. The van der Waals surface area contributed by atoms with Gasteiger partial charge in [-0.05, 0) is 29.8 Å². The van der Waals surface area contributed by atoms with E-state index in [1.54, 1.807) is 16.0 Å². The Bertz CT molecular complexity index is 1100. The summed E-state index contributed by atoms with van der Waals surface area (Å²) in [4.78, 5) is 36.2. The number of carbonyl (C=O) groups excluding carboxylic acids is 2. The highest BCUT2D eigenvalue weighted by Crippen LogP contribution is 2.23. The first kappa shape index (κ1) is 18.8. The van der Waals surface area contributed by atoms with Crippen molar-refractivity contribution in [1.29, 1.82) is 0 Å². The number of hydrogen-bond donors (Lipinski definition) is 0. The number of benzene rings is 1. The van der Waals surface area contributed by atoms with Gasteiger partial charge in [-0.1, -0.05) is 18.2 Å². The number of aryl methyl sites for hydroxylation is 1. The SMILES string of the molecule is Cn1cccc1CN1CC(=O)N2CCN(Cc3cccc4ncccc34)CC2C1=O. The summed E-state index contributed by atoms with van der Waals surface area (Å²) in [6.45, 7) is 3.29. The third-order valence-corrected chi connectivity index (χ3v) is 6.24. The lowest BCUT2D eigenvalue weighted by Gasteiger charge is -2.46. The fraction of sp³-hybridized carbons (Fsp3) is 0.348. The topological polar surface area (TPSA) is 61.7 Å². The van der Waals surface area contributed by atoms with Gasteiger partial charge in [-0.2, -0.15) is 0 Å². The zero-order valence-electron chi connectivity index (χ0n) is 17.1. The van der Waals surface area contributed by atoms with E-state index in [4.69, 9.17) is 0 Å². The van der Waals surface area contributed by atoms with E-state index in [1.165, 1.54) is 5.56 Å². The van der Waals surface area contributed by atoms with Crippen LogP contribution in [0.3, 0.4) is 0 Å². The molecule has 0 radical (unpaired) electrons. The van der Waals surface area contributed by atoms with Crippen LogP contribution in [-0.2, 0) is 29.7 Å². The molecule has 3 aromatic rings. The molecule has 0 N–H and O–H groups in total. The van der Waals surface area contributed by atoms with Crippen molar-refractivity contribution in [2.24, 2.45) is 7.05 Å². The molecule has 2 aliphatic heterocycles. The Hall–Kier alpha value is -3.19. The summed E-state index contributed by atoms with van der Waals surface area (Å²) in [5.74, 6) is 0.0860. The van der Waals surface area contributed by atoms with Gasteiger partial charge in [-0.3, -0.25) is 19.5 Å². The molecule has 7 heteroatoms. The number of aromatic nitrogens is 2. The molecule has 2 amide bonds. The molecule has 7 nitrogen and oxygen atoms in total. The van der Waals surface area contributed by atoms with Crippen LogP contribution < -0.4 is 0 Å². The van der Waals surface area contributed by atoms with E-state index in [0.717, 1.165) is 29.7 Å². The first-order valence-electron chi connectivity index (χ1n) is 10.3. The predicted octanol–water partition coefficient (Wildman–Crippen LogP) is 1.63. The monoisotopic (exact) mass is 403 g/mol. The van der Waals surface area contributed by atoms with Crippen LogP contribution in [0.15, 0.2) is 54.9 Å². The standard InChI is InChI=1S/C23H25N5O2/c1-25-10-4-6-18(25)14-27-16-22(29)28-12-11-26(15-21(28)23(27)30)13-17-5-2-8-20-19(17)7-3-9-24-20/h2-10,21H,11-16H2,1H3. The summed E-state index contributed by atoms with van der Waals surface area (Å²) in [7, 11) is 1.96. The van der Waals surface area contributed by atoms with Crippen LogP contribution in [0.1, 0.15) is 11.3 Å². The molecule has 154 valence electrons. The van der Waals surface area contributed by atoms with Crippen molar-refractivity contribution < 1.29 is 9.59 Å². The minimum absolute atomic E-state index is 0.0417. The largest absolute Gasteiger partial charge is 0.353 e. The van der Waals surface area contributed by atoms with Crippen molar-refractivity contribution in [3.05, 3.63) is 66.1 Å². The molecule has 2 fully saturated rings. The summed E-state index contributed by atoms with van der Waals surface area (Å²) >= 11 is 0. The molecule has 1 aromatic carbocycles. The average molecular weight is 403 g/mol. The number of carbonyl (C=O) groups is 2. The first-order chi connectivity index (χ1) is 14.6. The van der Waals surface area contributed by atoms with E-state index < -0.39 is 6.04 Å². The molecule has 0 saturated carbocycles. The second-order valence-electron chi connectivity index (χ2n) is 8.13. The number of piperazine rings is 2. The van der Waals surface area contributed by atoms with E-state index >= 15 is 0 Å². The number of hydrogen-bond acceptors (Lipinski definition) is 4. The van der Waals surface area contributed by atoms with Crippen LogP contribution >= 0.6 is 0 Å². The molecule has 4 heterocycles. The highest BCUT2D eigenvalue weighted by Gasteiger charge is 2.42. The molecule has 5 rings (SSSR count). The van der Waals surface area contributed by atoms with Gasteiger partial charge in [0, 0.05) is 56.7 Å². The molecule has 1 atom stereocenters. The van der Waals surface area contributed by atoms with Gasteiger partial charge in [-0.15, -0.1) is 0 Å².